The molecule has 2 atom stereocenters. The number of benzene rings is 1. The minimum Gasteiger partial charge on any atom is -0.393 e. The molecular formula is C22H35N5O. The van der Waals surface area contributed by atoms with E-state index < -0.39 is 0 Å². The minimum absolute atomic E-state index is 0.226. The van der Waals surface area contributed by atoms with Crippen molar-refractivity contribution in [1.82, 2.24) is 25.5 Å². The Bertz CT molecular complexity index is 634. The quantitative estimate of drug-likeness (QED) is 0.547. The van der Waals surface area contributed by atoms with Gasteiger partial charge in [0.25, 0.3) is 0 Å². The van der Waals surface area contributed by atoms with Crippen LogP contribution in [0.3, 0.4) is 0 Å². The number of H-pyrrole nitrogens is 1. The third-order valence-corrected chi connectivity index (χ3v) is 5.88. The zero-order chi connectivity index (χ0) is 19.4. The summed E-state index contributed by atoms with van der Waals surface area (Å²) >= 11 is 0. The molecule has 1 aromatic heterocycles. The molecule has 3 rings (SSSR count). The van der Waals surface area contributed by atoms with Gasteiger partial charge in [-0.05, 0) is 63.6 Å². The second-order valence-corrected chi connectivity index (χ2v) is 8.10. The zero-order valence-electron chi connectivity index (χ0n) is 17.0. The van der Waals surface area contributed by atoms with Gasteiger partial charge in [0.05, 0.1) is 6.10 Å². The molecule has 0 spiro atoms. The number of tetrazole rings is 1. The number of likely N-dealkylation sites (tertiary alicyclic amines) is 1. The van der Waals surface area contributed by atoms with Gasteiger partial charge in [0, 0.05) is 12.5 Å². The topological polar surface area (TPSA) is 77.9 Å². The second-order valence-electron chi connectivity index (χ2n) is 8.10. The molecule has 0 bridgehead atoms. The lowest BCUT2D eigenvalue weighted by Gasteiger charge is -2.36. The fraction of sp³-hybridized carbons (Fsp3) is 0.682. The Morgan fingerprint density at radius 1 is 1.11 bits per heavy atom. The maximum atomic E-state index is 10.4. The summed E-state index contributed by atoms with van der Waals surface area (Å²) in [5.74, 6) is 0.824. The van der Waals surface area contributed by atoms with Crippen molar-refractivity contribution in [1.29, 1.82) is 0 Å². The molecule has 154 valence electrons. The van der Waals surface area contributed by atoms with Crippen LogP contribution in [0.2, 0.25) is 0 Å². The molecule has 1 unspecified atom stereocenters. The van der Waals surface area contributed by atoms with Crippen molar-refractivity contribution in [3.63, 3.8) is 0 Å². The number of hydrogen-bond acceptors (Lipinski definition) is 5. The lowest BCUT2D eigenvalue weighted by atomic mass is 9.94. The second kappa shape index (κ2) is 11.9. The van der Waals surface area contributed by atoms with E-state index in [1.807, 2.05) is 18.2 Å². The highest BCUT2D eigenvalue weighted by atomic mass is 16.3. The van der Waals surface area contributed by atoms with Gasteiger partial charge in [-0.3, -0.25) is 0 Å². The van der Waals surface area contributed by atoms with Gasteiger partial charge in [-0.15, -0.1) is 10.2 Å². The van der Waals surface area contributed by atoms with E-state index in [1.165, 1.54) is 57.2 Å². The lowest BCUT2D eigenvalue weighted by molar-refractivity contribution is 0.106. The number of rotatable bonds is 12. The van der Waals surface area contributed by atoms with Crippen molar-refractivity contribution in [2.45, 2.75) is 82.8 Å². The van der Waals surface area contributed by atoms with Crippen molar-refractivity contribution < 1.29 is 5.11 Å². The molecule has 1 aliphatic heterocycles. The first-order valence-electron chi connectivity index (χ1n) is 11.0. The lowest BCUT2D eigenvalue weighted by Crippen LogP contribution is -2.40. The number of aryl methyl sites for hydroxylation is 1. The average Bonchev–Trinajstić information content (AvgIpc) is 3.24. The van der Waals surface area contributed by atoms with Gasteiger partial charge < -0.3 is 10.0 Å². The van der Waals surface area contributed by atoms with Crippen molar-refractivity contribution >= 4 is 0 Å². The fourth-order valence-corrected chi connectivity index (χ4v) is 4.29. The summed E-state index contributed by atoms with van der Waals surface area (Å²) < 4.78 is 0. The summed E-state index contributed by atoms with van der Waals surface area (Å²) in [5.41, 5.74) is 1.23. The molecule has 0 aliphatic carbocycles. The largest absolute Gasteiger partial charge is 0.393 e. The van der Waals surface area contributed by atoms with E-state index in [4.69, 9.17) is 0 Å². The molecule has 6 nitrogen and oxygen atoms in total. The number of aliphatic hydroxyl groups is 1. The van der Waals surface area contributed by atoms with Gasteiger partial charge in [0.2, 0.25) is 0 Å². The minimum atomic E-state index is -0.226. The molecule has 28 heavy (non-hydrogen) atoms. The van der Waals surface area contributed by atoms with Gasteiger partial charge in [0.15, 0.2) is 5.82 Å². The van der Waals surface area contributed by atoms with Crippen molar-refractivity contribution in [3.8, 4) is 0 Å². The van der Waals surface area contributed by atoms with Crippen LogP contribution in [0.25, 0.3) is 0 Å². The van der Waals surface area contributed by atoms with Gasteiger partial charge in [-0.1, -0.05) is 54.8 Å². The summed E-state index contributed by atoms with van der Waals surface area (Å²) in [6.45, 7) is 2.42. The standard InChI is InChI=1S/C22H35N5O/c28-21(18-19-10-4-3-5-11-19)15-14-20-12-7-9-17-27(20)16-8-2-1-6-13-22-23-25-26-24-22/h3-5,10-11,20-21,28H,1-2,6-9,12-18H2,(H,23,24,25,26)/t20?,21-/m1/s1. The Hall–Kier alpha value is -1.79. The summed E-state index contributed by atoms with van der Waals surface area (Å²) in [6.07, 6.45) is 12.3. The first-order valence-corrected chi connectivity index (χ1v) is 11.0. The van der Waals surface area contributed by atoms with Gasteiger partial charge in [0.1, 0.15) is 0 Å². The number of nitrogens with one attached hydrogen (secondary N) is 1. The molecule has 2 N–H and O–H groups in total. The molecule has 6 heteroatoms. The predicted molar refractivity (Wildman–Crippen MR) is 111 cm³/mol. The van der Waals surface area contributed by atoms with Crippen LogP contribution in [-0.4, -0.2) is 55.9 Å². The van der Waals surface area contributed by atoms with Crippen LogP contribution in [0.5, 0.6) is 0 Å². The molecule has 1 saturated heterocycles. The Morgan fingerprint density at radius 3 is 2.79 bits per heavy atom. The first kappa shape index (κ1) is 20.9. The number of hydrogen-bond donors (Lipinski definition) is 2. The maximum Gasteiger partial charge on any atom is 0.174 e. The van der Waals surface area contributed by atoms with Crippen LogP contribution in [0, 0.1) is 0 Å². The third-order valence-electron chi connectivity index (χ3n) is 5.88. The smallest absolute Gasteiger partial charge is 0.174 e. The molecular weight excluding hydrogens is 350 g/mol. The summed E-state index contributed by atoms with van der Waals surface area (Å²) in [4.78, 5) is 2.68. The Morgan fingerprint density at radius 2 is 1.96 bits per heavy atom. The number of unbranched alkanes of at least 4 members (excludes halogenated alkanes) is 3. The zero-order valence-corrected chi connectivity index (χ0v) is 17.0. The molecule has 2 heterocycles. The first-order chi connectivity index (χ1) is 13.8. The van der Waals surface area contributed by atoms with Crippen molar-refractivity contribution in [3.05, 3.63) is 41.7 Å². The number of aliphatic hydroxyl groups excluding tert-OH is 1. The summed E-state index contributed by atoms with van der Waals surface area (Å²) in [6, 6.07) is 11.0. The average molecular weight is 386 g/mol. The number of aromatic nitrogens is 4. The van der Waals surface area contributed by atoms with Gasteiger partial charge in [-0.2, -0.15) is 5.21 Å². The van der Waals surface area contributed by atoms with Crippen LogP contribution in [0.4, 0.5) is 0 Å². The van der Waals surface area contributed by atoms with Crippen molar-refractivity contribution in [2.75, 3.05) is 13.1 Å². The number of aromatic amines is 1. The number of nitrogens with zero attached hydrogens (tertiary/aromatic N) is 4. The van der Waals surface area contributed by atoms with Crippen LogP contribution in [0.15, 0.2) is 30.3 Å². The predicted octanol–water partition coefficient (Wildman–Crippen LogP) is 3.54. The van der Waals surface area contributed by atoms with Crippen molar-refractivity contribution in [2.24, 2.45) is 0 Å². The molecule has 2 aromatic rings. The van der Waals surface area contributed by atoms with Crippen LogP contribution in [0.1, 0.15) is 69.2 Å². The Balaban J connectivity index is 1.30. The van der Waals surface area contributed by atoms with Crippen LogP contribution >= 0.6 is 0 Å². The van der Waals surface area contributed by atoms with Gasteiger partial charge in [-0.25, -0.2) is 0 Å². The molecule has 1 aliphatic rings. The SMILES string of the molecule is O[C@H](CCC1CCCCN1CCCCCCc1nn[nH]n1)Cc1ccccc1. The molecule has 0 radical (unpaired) electrons. The normalized spacial score (nSPS) is 19.0. The van der Waals surface area contributed by atoms with Gasteiger partial charge >= 0.3 is 0 Å². The van der Waals surface area contributed by atoms with Crippen LogP contribution in [-0.2, 0) is 12.8 Å². The van der Waals surface area contributed by atoms with E-state index in [0.717, 1.165) is 37.9 Å². The summed E-state index contributed by atoms with van der Waals surface area (Å²) in [7, 11) is 0. The van der Waals surface area contributed by atoms with E-state index in [9.17, 15) is 5.11 Å². The highest BCUT2D eigenvalue weighted by molar-refractivity contribution is 5.15. The van der Waals surface area contributed by atoms with E-state index in [2.05, 4.69) is 37.7 Å². The van der Waals surface area contributed by atoms with Crippen LogP contribution < -0.4 is 0 Å². The maximum absolute atomic E-state index is 10.4. The third kappa shape index (κ3) is 7.32. The fourth-order valence-electron chi connectivity index (χ4n) is 4.29. The summed E-state index contributed by atoms with van der Waals surface area (Å²) in [5, 5.41) is 24.5. The van der Waals surface area contributed by atoms with E-state index in [0.29, 0.717) is 6.04 Å². The molecule has 1 aromatic carbocycles. The molecule has 0 saturated carbocycles. The van der Waals surface area contributed by atoms with E-state index in [1.54, 1.807) is 0 Å². The molecule has 1 fully saturated rings. The van der Waals surface area contributed by atoms with E-state index >= 15 is 0 Å². The highest BCUT2D eigenvalue weighted by Crippen LogP contribution is 2.23. The Kier molecular flexibility index (Phi) is 8.91. The van der Waals surface area contributed by atoms with E-state index in [-0.39, 0.29) is 6.10 Å². The molecule has 0 amide bonds. The monoisotopic (exact) mass is 385 g/mol. The Labute approximate surface area is 168 Å². The highest BCUT2D eigenvalue weighted by Gasteiger charge is 2.22. The number of piperidine rings is 1.